The van der Waals surface area contributed by atoms with Gasteiger partial charge in [-0.1, -0.05) is 6.07 Å². The molecule has 26 heavy (non-hydrogen) atoms. The van der Waals surface area contributed by atoms with Crippen LogP contribution in [0.3, 0.4) is 0 Å². The van der Waals surface area contributed by atoms with Gasteiger partial charge in [0, 0.05) is 63.1 Å². The molecule has 7 heteroatoms. The Balaban J connectivity index is 1.39. The number of imidazole rings is 1. The second-order valence-electron chi connectivity index (χ2n) is 6.26. The molecule has 3 aromatic rings. The number of pyridine rings is 2. The lowest BCUT2D eigenvalue weighted by atomic mass is 10.2. The molecule has 1 saturated heterocycles. The van der Waals surface area contributed by atoms with Crippen molar-refractivity contribution < 1.29 is 4.79 Å². The minimum atomic E-state index is 0.0475. The van der Waals surface area contributed by atoms with Crippen LogP contribution in [0.15, 0.2) is 61.4 Å². The highest BCUT2D eigenvalue weighted by molar-refractivity contribution is 5.94. The molecule has 0 radical (unpaired) electrons. The Morgan fingerprint density at radius 3 is 2.62 bits per heavy atom. The van der Waals surface area contributed by atoms with E-state index in [-0.39, 0.29) is 5.91 Å². The fourth-order valence-electron chi connectivity index (χ4n) is 3.10. The lowest BCUT2D eigenvalue weighted by Gasteiger charge is -2.34. The van der Waals surface area contributed by atoms with E-state index >= 15 is 0 Å². The van der Waals surface area contributed by atoms with E-state index in [0.717, 1.165) is 25.3 Å². The number of hydrogen-bond acceptors (Lipinski definition) is 5. The third-order valence-electron chi connectivity index (χ3n) is 4.53. The molecule has 1 aliphatic rings. The number of amides is 1. The molecular weight excluding hydrogens is 328 g/mol. The van der Waals surface area contributed by atoms with Gasteiger partial charge in [0.15, 0.2) is 0 Å². The molecule has 1 fully saturated rings. The van der Waals surface area contributed by atoms with Gasteiger partial charge in [-0.15, -0.1) is 0 Å². The zero-order valence-corrected chi connectivity index (χ0v) is 14.4. The Kier molecular flexibility index (Phi) is 4.70. The second-order valence-corrected chi connectivity index (χ2v) is 6.26. The van der Waals surface area contributed by atoms with Crippen LogP contribution >= 0.6 is 0 Å². The van der Waals surface area contributed by atoms with Crippen molar-refractivity contribution in [2.45, 2.75) is 6.54 Å². The molecule has 0 bridgehead atoms. The van der Waals surface area contributed by atoms with E-state index in [9.17, 15) is 4.79 Å². The van der Waals surface area contributed by atoms with E-state index in [1.807, 2.05) is 41.6 Å². The van der Waals surface area contributed by atoms with Crippen LogP contribution in [-0.4, -0.2) is 61.4 Å². The van der Waals surface area contributed by atoms with Gasteiger partial charge in [0.1, 0.15) is 12.1 Å². The summed E-state index contributed by atoms with van der Waals surface area (Å²) in [5.41, 5.74) is 1.72. The lowest BCUT2D eigenvalue weighted by molar-refractivity contribution is 0.0627. The molecule has 0 spiro atoms. The maximum atomic E-state index is 12.8. The van der Waals surface area contributed by atoms with E-state index < -0.39 is 0 Å². The fourth-order valence-corrected chi connectivity index (χ4v) is 3.10. The monoisotopic (exact) mass is 348 g/mol. The maximum absolute atomic E-state index is 12.8. The SMILES string of the molecule is O=C(c1ccnc(-n2ccnc2)c1)N1CCN(Cc2ccccn2)CC1. The summed E-state index contributed by atoms with van der Waals surface area (Å²) in [4.78, 5) is 29.8. The van der Waals surface area contributed by atoms with Gasteiger partial charge in [-0.05, 0) is 24.3 Å². The molecule has 4 heterocycles. The van der Waals surface area contributed by atoms with Gasteiger partial charge in [-0.3, -0.25) is 19.2 Å². The van der Waals surface area contributed by atoms with Crippen molar-refractivity contribution in [3.8, 4) is 5.82 Å². The topological polar surface area (TPSA) is 67.2 Å². The molecule has 132 valence electrons. The smallest absolute Gasteiger partial charge is 0.254 e. The van der Waals surface area contributed by atoms with E-state index in [4.69, 9.17) is 0 Å². The van der Waals surface area contributed by atoms with Crippen molar-refractivity contribution in [2.24, 2.45) is 0 Å². The number of carbonyl (C=O) groups excluding carboxylic acids is 1. The highest BCUT2D eigenvalue weighted by Gasteiger charge is 2.22. The van der Waals surface area contributed by atoms with Crippen molar-refractivity contribution in [1.82, 2.24) is 29.3 Å². The maximum Gasteiger partial charge on any atom is 0.254 e. The normalized spacial score (nSPS) is 15.2. The highest BCUT2D eigenvalue weighted by atomic mass is 16.2. The predicted molar refractivity (Wildman–Crippen MR) is 96.8 cm³/mol. The van der Waals surface area contributed by atoms with Crippen LogP contribution in [0.4, 0.5) is 0 Å². The van der Waals surface area contributed by atoms with Crippen LogP contribution in [0.25, 0.3) is 5.82 Å². The molecule has 3 aromatic heterocycles. The number of nitrogens with zero attached hydrogens (tertiary/aromatic N) is 6. The molecule has 0 atom stereocenters. The Bertz CT molecular complexity index is 857. The van der Waals surface area contributed by atoms with Gasteiger partial charge in [-0.25, -0.2) is 9.97 Å². The summed E-state index contributed by atoms with van der Waals surface area (Å²) in [7, 11) is 0. The summed E-state index contributed by atoms with van der Waals surface area (Å²) in [6.45, 7) is 3.95. The molecule has 0 saturated carbocycles. The third kappa shape index (κ3) is 3.62. The van der Waals surface area contributed by atoms with E-state index in [2.05, 4.69) is 19.9 Å². The van der Waals surface area contributed by atoms with Crippen LogP contribution < -0.4 is 0 Å². The quantitative estimate of drug-likeness (QED) is 0.717. The van der Waals surface area contributed by atoms with Crippen LogP contribution in [0, 0.1) is 0 Å². The van der Waals surface area contributed by atoms with E-state index in [1.54, 1.807) is 29.4 Å². The first-order valence-electron chi connectivity index (χ1n) is 8.65. The van der Waals surface area contributed by atoms with Crippen molar-refractivity contribution >= 4 is 5.91 Å². The number of carbonyl (C=O) groups is 1. The molecule has 0 aliphatic carbocycles. The number of hydrogen-bond donors (Lipinski definition) is 0. The Hall–Kier alpha value is -3.06. The summed E-state index contributed by atoms with van der Waals surface area (Å²) >= 11 is 0. The number of aromatic nitrogens is 4. The summed E-state index contributed by atoms with van der Waals surface area (Å²) in [5, 5.41) is 0. The average molecular weight is 348 g/mol. The molecule has 1 amide bonds. The first kappa shape index (κ1) is 16.4. The first-order valence-corrected chi connectivity index (χ1v) is 8.65. The third-order valence-corrected chi connectivity index (χ3v) is 4.53. The Morgan fingerprint density at radius 2 is 1.88 bits per heavy atom. The van der Waals surface area contributed by atoms with E-state index in [1.165, 1.54) is 0 Å². The first-order chi connectivity index (χ1) is 12.8. The van der Waals surface area contributed by atoms with Gasteiger partial charge in [-0.2, -0.15) is 0 Å². The standard InChI is InChI=1S/C19H20N6O/c26-19(16-4-6-22-18(13-16)25-8-7-20-15-25)24-11-9-23(10-12-24)14-17-3-1-2-5-21-17/h1-8,13,15H,9-12,14H2. The fraction of sp³-hybridized carbons (Fsp3) is 0.263. The molecule has 0 N–H and O–H groups in total. The summed E-state index contributed by atoms with van der Waals surface area (Å²) in [5.74, 6) is 0.744. The van der Waals surface area contributed by atoms with Crippen LogP contribution in [0.2, 0.25) is 0 Å². The molecule has 4 rings (SSSR count). The molecule has 0 aromatic carbocycles. The Labute approximate surface area is 151 Å². The summed E-state index contributed by atoms with van der Waals surface area (Å²) in [6, 6.07) is 9.54. The predicted octanol–water partition coefficient (Wildman–Crippen LogP) is 1.62. The average Bonchev–Trinajstić information content (AvgIpc) is 3.24. The van der Waals surface area contributed by atoms with Gasteiger partial charge in [0.2, 0.25) is 0 Å². The largest absolute Gasteiger partial charge is 0.336 e. The van der Waals surface area contributed by atoms with Crippen molar-refractivity contribution in [3.05, 3.63) is 72.7 Å². The van der Waals surface area contributed by atoms with Crippen LogP contribution in [0.5, 0.6) is 0 Å². The van der Waals surface area contributed by atoms with Crippen molar-refractivity contribution in [1.29, 1.82) is 0 Å². The van der Waals surface area contributed by atoms with Gasteiger partial charge >= 0.3 is 0 Å². The molecular formula is C19H20N6O. The zero-order valence-electron chi connectivity index (χ0n) is 14.4. The van der Waals surface area contributed by atoms with Crippen LogP contribution in [-0.2, 0) is 6.54 Å². The van der Waals surface area contributed by atoms with Crippen molar-refractivity contribution in [2.75, 3.05) is 26.2 Å². The number of piperazine rings is 1. The summed E-state index contributed by atoms with van der Waals surface area (Å²) < 4.78 is 1.79. The van der Waals surface area contributed by atoms with Gasteiger partial charge in [0.25, 0.3) is 5.91 Å². The van der Waals surface area contributed by atoms with Crippen molar-refractivity contribution in [3.63, 3.8) is 0 Å². The number of rotatable bonds is 4. The zero-order chi connectivity index (χ0) is 17.8. The van der Waals surface area contributed by atoms with Crippen LogP contribution in [0.1, 0.15) is 16.1 Å². The summed E-state index contributed by atoms with van der Waals surface area (Å²) in [6.07, 6.45) is 8.66. The molecule has 1 aliphatic heterocycles. The van der Waals surface area contributed by atoms with E-state index in [0.29, 0.717) is 24.5 Å². The lowest BCUT2D eigenvalue weighted by Crippen LogP contribution is -2.48. The second kappa shape index (κ2) is 7.45. The van der Waals surface area contributed by atoms with Gasteiger partial charge < -0.3 is 4.90 Å². The van der Waals surface area contributed by atoms with Gasteiger partial charge in [0.05, 0.1) is 5.69 Å². The molecule has 0 unspecified atom stereocenters. The molecule has 7 nitrogen and oxygen atoms in total. The Morgan fingerprint density at radius 1 is 1.00 bits per heavy atom. The highest BCUT2D eigenvalue weighted by Crippen LogP contribution is 2.13. The minimum absolute atomic E-state index is 0.0475. The minimum Gasteiger partial charge on any atom is -0.336 e.